The summed E-state index contributed by atoms with van der Waals surface area (Å²) in [4.78, 5) is 13.5. The second kappa shape index (κ2) is 5.16. The summed E-state index contributed by atoms with van der Waals surface area (Å²) in [6, 6.07) is 5.33. The minimum atomic E-state index is -0.432. The van der Waals surface area contributed by atoms with Crippen molar-refractivity contribution in [3.05, 3.63) is 29.3 Å². The first kappa shape index (κ1) is 11.9. The molecule has 1 aromatic rings. The average molecular weight is 234 g/mol. The van der Waals surface area contributed by atoms with E-state index in [0.717, 1.165) is 38.3 Å². The van der Waals surface area contributed by atoms with Crippen LogP contribution in [0.4, 0.5) is 5.69 Å². The molecule has 0 saturated carbocycles. The number of nitrogen functional groups attached to an aromatic ring is 1. The van der Waals surface area contributed by atoms with E-state index in [-0.39, 0.29) is 0 Å². The first-order chi connectivity index (χ1) is 8.15. The summed E-state index contributed by atoms with van der Waals surface area (Å²) in [5.74, 6) is -0.432. The number of nitrogens with zero attached hydrogens (tertiary/aromatic N) is 1. The maximum absolute atomic E-state index is 11.1. The molecule has 1 aliphatic heterocycles. The highest BCUT2D eigenvalue weighted by molar-refractivity contribution is 5.93. The van der Waals surface area contributed by atoms with Crippen molar-refractivity contribution >= 4 is 11.6 Å². The first-order valence-corrected chi connectivity index (χ1v) is 5.77. The van der Waals surface area contributed by atoms with E-state index in [1.807, 2.05) is 12.1 Å². The number of carbonyl (C=O) groups excluding carboxylic acids is 1. The Balaban J connectivity index is 2.11. The molecule has 1 heterocycles. The van der Waals surface area contributed by atoms with Crippen LogP contribution in [-0.4, -0.2) is 37.0 Å². The summed E-state index contributed by atoms with van der Waals surface area (Å²) in [6.07, 6.45) is 0. The van der Waals surface area contributed by atoms with Gasteiger partial charge in [0.25, 0.3) is 0 Å². The number of amides is 1. The number of rotatable bonds is 3. The fourth-order valence-electron chi connectivity index (χ4n) is 2.08. The normalized spacial score (nSPS) is 16.9. The van der Waals surface area contributed by atoms with E-state index in [1.54, 1.807) is 6.07 Å². The molecule has 2 rings (SSSR count). The van der Waals surface area contributed by atoms with Crippen molar-refractivity contribution in [1.29, 1.82) is 0 Å². The molecule has 17 heavy (non-hydrogen) atoms. The molecule has 92 valence electrons. The second-order valence-corrected chi connectivity index (χ2v) is 4.35. The SMILES string of the molecule is NC(=O)c1cc(N)cc(CN2CCNCC2)c1. The van der Waals surface area contributed by atoms with Gasteiger partial charge in [0.2, 0.25) is 5.91 Å². The number of nitrogens with two attached hydrogens (primary N) is 2. The highest BCUT2D eigenvalue weighted by Crippen LogP contribution is 2.14. The van der Waals surface area contributed by atoms with E-state index in [0.29, 0.717) is 11.3 Å². The Morgan fingerprint density at radius 2 is 2.00 bits per heavy atom. The van der Waals surface area contributed by atoms with Crippen LogP contribution < -0.4 is 16.8 Å². The molecule has 0 spiro atoms. The Morgan fingerprint density at radius 3 is 2.65 bits per heavy atom. The van der Waals surface area contributed by atoms with Crippen LogP contribution in [-0.2, 0) is 6.54 Å². The third kappa shape index (κ3) is 3.18. The first-order valence-electron chi connectivity index (χ1n) is 5.77. The highest BCUT2D eigenvalue weighted by Gasteiger charge is 2.11. The number of primary amides is 1. The Morgan fingerprint density at radius 1 is 1.29 bits per heavy atom. The van der Waals surface area contributed by atoms with Crippen molar-refractivity contribution in [2.24, 2.45) is 5.73 Å². The van der Waals surface area contributed by atoms with Crippen LogP contribution in [0.5, 0.6) is 0 Å². The zero-order valence-electron chi connectivity index (χ0n) is 9.78. The molecule has 0 radical (unpaired) electrons. The van der Waals surface area contributed by atoms with Gasteiger partial charge in [0.1, 0.15) is 0 Å². The van der Waals surface area contributed by atoms with Gasteiger partial charge in [-0.1, -0.05) is 0 Å². The lowest BCUT2D eigenvalue weighted by atomic mass is 10.1. The van der Waals surface area contributed by atoms with Crippen LogP contribution in [0.25, 0.3) is 0 Å². The Labute approximate surface area is 101 Å². The number of hydrogen-bond acceptors (Lipinski definition) is 4. The zero-order chi connectivity index (χ0) is 12.3. The smallest absolute Gasteiger partial charge is 0.248 e. The van der Waals surface area contributed by atoms with Crippen molar-refractivity contribution in [3.8, 4) is 0 Å². The van der Waals surface area contributed by atoms with Crippen molar-refractivity contribution < 1.29 is 4.79 Å². The van der Waals surface area contributed by atoms with E-state index >= 15 is 0 Å². The van der Waals surface area contributed by atoms with Crippen LogP contribution in [0.1, 0.15) is 15.9 Å². The fourth-order valence-corrected chi connectivity index (χ4v) is 2.08. The predicted molar refractivity (Wildman–Crippen MR) is 67.5 cm³/mol. The van der Waals surface area contributed by atoms with Crippen molar-refractivity contribution in [3.63, 3.8) is 0 Å². The number of carbonyl (C=O) groups is 1. The largest absolute Gasteiger partial charge is 0.399 e. The lowest BCUT2D eigenvalue weighted by Crippen LogP contribution is -2.42. The number of piperazine rings is 1. The summed E-state index contributed by atoms with van der Waals surface area (Å²) in [5, 5.41) is 3.30. The molecular weight excluding hydrogens is 216 g/mol. The number of hydrogen-bond donors (Lipinski definition) is 3. The van der Waals surface area contributed by atoms with Crippen LogP contribution in [0.15, 0.2) is 18.2 Å². The van der Waals surface area contributed by atoms with E-state index in [1.165, 1.54) is 0 Å². The standard InChI is InChI=1S/C12H18N4O/c13-11-6-9(5-10(7-11)12(14)17)8-16-3-1-15-2-4-16/h5-7,15H,1-4,8,13H2,(H2,14,17). The zero-order valence-corrected chi connectivity index (χ0v) is 9.78. The van der Waals surface area contributed by atoms with Crippen LogP contribution in [0.3, 0.4) is 0 Å². The molecule has 0 aliphatic carbocycles. The van der Waals surface area contributed by atoms with Gasteiger partial charge in [-0.3, -0.25) is 9.69 Å². The molecule has 5 heteroatoms. The minimum absolute atomic E-state index is 0.432. The number of benzene rings is 1. The lowest BCUT2D eigenvalue weighted by Gasteiger charge is -2.27. The molecule has 5 nitrogen and oxygen atoms in total. The molecule has 1 amide bonds. The van der Waals surface area contributed by atoms with Crippen molar-refractivity contribution in [2.75, 3.05) is 31.9 Å². The number of anilines is 1. The van der Waals surface area contributed by atoms with Crippen LogP contribution in [0, 0.1) is 0 Å². The molecule has 1 aliphatic rings. The molecule has 1 fully saturated rings. The summed E-state index contributed by atoms with van der Waals surface area (Å²) in [5.41, 5.74) is 13.1. The van der Waals surface area contributed by atoms with Gasteiger partial charge in [-0.05, 0) is 23.8 Å². The molecule has 0 atom stereocenters. The average Bonchev–Trinajstić information content (AvgIpc) is 2.29. The summed E-state index contributed by atoms with van der Waals surface area (Å²) >= 11 is 0. The van der Waals surface area contributed by atoms with Gasteiger partial charge in [-0.2, -0.15) is 0 Å². The van der Waals surface area contributed by atoms with E-state index in [2.05, 4.69) is 10.2 Å². The lowest BCUT2D eigenvalue weighted by molar-refractivity contribution is 0.1000. The Hall–Kier alpha value is -1.59. The van der Waals surface area contributed by atoms with Gasteiger partial charge >= 0.3 is 0 Å². The molecule has 1 saturated heterocycles. The van der Waals surface area contributed by atoms with Gasteiger partial charge in [-0.15, -0.1) is 0 Å². The topological polar surface area (TPSA) is 84.4 Å². The van der Waals surface area contributed by atoms with Crippen molar-refractivity contribution in [1.82, 2.24) is 10.2 Å². The highest BCUT2D eigenvalue weighted by atomic mass is 16.1. The summed E-state index contributed by atoms with van der Waals surface area (Å²) in [7, 11) is 0. The molecule has 0 unspecified atom stereocenters. The second-order valence-electron chi connectivity index (χ2n) is 4.35. The van der Waals surface area contributed by atoms with Crippen molar-refractivity contribution in [2.45, 2.75) is 6.54 Å². The molecule has 0 bridgehead atoms. The Bertz CT molecular complexity index is 413. The minimum Gasteiger partial charge on any atom is -0.399 e. The summed E-state index contributed by atoms with van der Waals surface area (Å²) in [6.45, 7) is 4.85. The maximum atomic E-state index is 11.1. The molecule has 5 N–H and O–H groups in total. The van der Waals surface area contributed by atoms with E-state index < -0.39 is 5.91 Å². The van der Waals surface area contributed by atoms with Crippen LogP contribution in [0.2, 0.25) is 0 Å². The molecule has 1 aromatic carbocycles. The molecular formula is C12H18N4O. The monoisotopic (exact) mass is 234 g/mol. The van der Waals surface area contributed by atoms with Gasteiger partial charge < -0.3 is 16.8 Å². The van der Waals surface area contributed by atoms with E-state index in [9.17, 15) is 4.79 Å². The van der Waals surface area contributed by atoms with Gasteiger partial charge in [0.15, 0.2) is 0 Å². The maximum Gasteiger partial charge on any atom is 0.248 e. The number of nitrogens with one attached hydrogen (secondary N) is 1. The quantitative estimate of drug-likeness (QED) is 0.631. The van der Waals surface area contributed by atoms with Gasteiger partial charge in [0, 0.05) is 44.0 Å². The van der Waals surface area contributed by atoms with Gasteiger partial charge in [0.05, 0.1) is 0 Å². The predicted octanol–water partition coefficient (Wildman–Crippen LogP) is -0.227. The van der Waals surface area contributed by atoms with E-state index in [4.69, 9.17) is 11.5 Å². The third-order valence-corrected chi connectivity index (χ3v) is 2.92. The third-order valence-electron chi connectivity index (χ3n) is 2.92. The van der Waals surface area contributed by atoms with Crippen LogP contribution >= 0.6 is 0 Å². The molecule has 0 aromatic heterocycles. The van der Waals surface area contributed by atoms with Gasteiger partial charge in [-0.25, -0.2) is 0 Å². The summed E-state index contributed by atoms with van der Waals surface area (Å²) < 4.78 is 0. The fraction of sp³-hybridized carbons (Fsp3) is 0.417. The Kier molecular flexibility index (Phi) is 3.61.